The maximum atomic E-state index is 10.9. The van der Waals surface area contributed by atoms with Crippen LogP contribution in [-0.2, 0) is 9.59 Å². The van der Waals surface area contributed by atoms with E-state index in [-0.39, 0.29) is 11.8 Å². The van der Waals surface area contributed by atoms with Crippen molar-refractivity contribution < 1.29 is 14.4 Å². The third kappa shape index (κ3) is 9.01. The standard InChI is InChI=1S/C8H14ClN3O3/c9-5-7(14)12-8(15)11-4-2-1-3-6(10)13/h1-5H2,(H2,10,13)(H2,11,12,14,15). The SMILES string of the molecule is NC(=O)CCCCNC(=O)NC(=O)CCl. The molecule has 0 unspecified atom stereocenters. The van der Waals surface area contributed by atoms with E-state index in [0.29, 0.717) is 25.8 Å². The van der Waals surface area contributed by atoms with Crippen molar-refractivity contribution >= 4 is 29.4 Å². The molecule has 0 spiro atoms. The van der Waals surface area contributed by atoms with Gasteiger partial charge in [-0.25, -0.2) is 4.79 Å². The van der Waals surface area contributed by atoms with E-state index in [0.717, 1.165) is 0 Å². The number of urea groups is 1. The number of alkyl halides is 1. The molecule has 4 amide bonds. The summed E-state index contributed by atoms with van der Waals surface area (Å²) in [7, 11) is 0. The van der Waals surface area contributed by atoms with Crippen molar-refractivity contribution in [3.05, 3.63) is 0 Å². The summed E-state index contributed by atoms with van der Waals surface area (Å²) < 4.78 is 0. The van der Waals surface area contributed by atoms with E-state index in [1.807, 2.05) is 5.32 Å². The number of amides is 4. The number of halogens is 1. The van der Waals surface area contributed by atoms with Crippen LogP contribution in [0.2, 0.25) is 0 Å². The molecular weight excluding hydrogens is 222 g/mol. The molecular formula is C8H14ClN3O3. The Labute approximate surface area is 92.5 Å². The maximum Gasteiger partial charge on any atom is 0.321 e. The topological polar surface area (TPSA) is 101 Å². The average Bonchev–Trinajstić information content (AvgIpc) is 2.16. The number of unbranched alkanes of at least 4 members (excludes halogenated alkanes) is 1. The Morgan fingerprint density at radius 3 is 2.40 bits per heavy atom. The highest BCUT2D eigenvalue weighted by Crippen LogP contribution is 1.91. The van der Waals surface area contributed by atoms with Gasteiger partial charge < -0.3 is 11.1 Å². The summed E-state index contributed by atoms with van der Waals surface area (Å²) >= 11 is 5.17. The van der Waals surface area contributed by atoms with Crippen molar-refractivity contribution in [2.24, 2.45) is 5.73 Å². The van der Waals surface area contributed by atoms with Gasteiger partial charge >= 0.3 is 6.03 Å². The van der Waals surface area contributed by atoms with Gasteiger partial charge in [-0.1, -0.05) is 0 Å². The summed E-state index contributed by atoms with van der Waals surface area (Å²) in [4.78, 5) is 31.9. The molecule has 0 heterocycles. The molecule has 0 aromatic carbocycles. The van der Waals surface area contributed by atoms with Gasteiger partial charge in [0.15, 0.2) is 0 Å². The first-order chi connectivity index (χ1) is 7.06. The molecule has 0 bridgehead atoms. The van der Waals surface area contributed by atoms with E-state index >= 15 is 0 Å². The van der Waals surface area contributed by atoms with Crippen LogP contribution < -0.4 is 16.4 Å². The number of primary amides is 1. The summed E-state index contributed by atoms with van der Waals surface area (Å²) in [6, 6.07) is -0.584. The van der Waals surface area contributed by atoms with Gasteiger partial charge in [0, 0.05) is 13.0 Å². The second-order valence-corrected chi connectivity index (χ2v) is 3.13. The Morgan fingerprint density at radius 2 is 1.87 bits per heavy atom. The summed E-state index contributed by atoms with van der Waals surface area (Å²) in [5.74, 6) is -1.17. The van der Waals surface area contributed by atoms with Crippen molar-refractivity contribution in [1.29, 1.82) is 0 Å². The number of hydrogen-bond donors (Lipinski definition) is 3. The summed E-state index contributed by atoms with van der Waals surface area (Å²) in [6.45, 7) is 0.384. The molecule has 0 aliphatic rings. The molecule has 0 rings (SSSR count). The van der Waals surface area contributed by atoms with Crippen LogP contribution >= 0.6 is 11.6 Å². The number of hydrogen-bond acceptors (Lipinski definition) is 3. The molecule has 0 atom stereocenters. The Hall–Kier alpha value is -1.30. The largest absolute Gasteiger partial charge is 0.370 e. The zero-order valence-corrected chi connectivity index (χ0v) is 8.97. The van der Waals surface area contributed by atoms with E-state index < -0.39 is 11.9 Å². The molecule has 86 valence electrons. The fourth-order valence-electron chi connectivity index (χ4n) is 0.830. The van der Waals surface area contributed by atoms with Crippen molar-refractivity contribution in [2.75, 3.05) is 12.4 Å². The monoisotopic (exact) mass is 235 g/mol. The lowest BCUT2D eigenvalue weighted by molar-refractivity contribution is -0.118. The average molecular weight is 236 g/mol. The summed E-state index contributed by atoms with van der Waals surface area (Å²) in [5.41, 5.74) is 4.92. The zero-order chi connectivity index (χ0) is 11.7. The van der Waals surface area contributed by atoms with Crippen molar-refractivity contribution in [3.63, 3.8) is 0 Å². The normalized spacial score (nSPS) is 9.40. The molecule has 7 heteroatoms. The Morgan fingerprint density at radius 1 is 1.20 bits per heavy atom. The van der Waals surface area contributed by atoms with Gasteiger partial charge in [-0.3, -0.25) is 14.9 Å². The molecule has 0 radical (unpaired) electrons. The van der Waals surface area contributed by atoms with Crippen LogP contribution in [0.3, 0.4) is 0 Å². The Balaban J connectivity index is 3.39. The lowest BCUT2D eigenvalue weighted by atomic mass is 10.2. The number of carbonyl (C=O) groups excluding carboxylic acids is 3. The first kappa shape index (κ1) is 13.7. The molecule has 0 saturated heterocycles. The van der Waals surface area contributed by atoms with Crippen LogP contribution in [0, 0.1) is 0 Å². The van der Waals surface area contributed by atoms with E-state index in [4.69, 9.17) is 17.3 Å². The van der Waals surface area contributed by atoms with E-state index in [9.17, 15) is 14.4 Å². The smallest absolute Gasteiger partial charge is 0.321 e. The van der Waals surface area contributed by atoms with Crippen LogP contribution in [0.15, 0.2) is 0 Å². The van der Waals surface area contributed by atoms with Gasteiger partial charge in [-0.05, 0) is 12.8 Å². The van der Waals surface area contributed by atoms with Crippen molar-refractivity contribution in [2.45, 2.75) is 19.3 Å². The summed E-state index contributed by atoms with van der Waals surface area (Å²) in [5, 5.41) is 4.46. The molecule has 0 aromatic heterocycles. The number of nitrogens with two attached hydrogens (primary N) is 1. The fraction of sp³-hybridized carbons (Fsp3) is 0.625. The van der Waals surface area contributed by atoms with Gasteiger partial charge in [0.2, 0.25) is 11.8 Å². The first-order valence-corrected chi connectivity index (χ1v) is 5.01. The lowest BCUT2D eigenvalue weighted by Gasteiger charge is -2.04. The Bertz CT molecular complexity index is 245. The summed E-state index contributed by atoms with van der Waals surface area (Å²) in [6.07, 6.45) is 1.54. The van der Waals surface area contributed by atoms with Crippen LogP contribution in [0.4, 0.5) is 4.79 Å². The van der Waals surface area contributed by atoms with E-state index in [1.54, 1.807) is 0 Å². The molecule has 0 fully saturated rings. The predicted molar refractivity (Wildman–Crippen MR) is 55.3 cm³/mol. The third-order valence-corrected chi connectivity index (χ3v) is 1.75. The van der Waals surface area contributed by atoms with E-state index in [2.05, 4.69) is 5.32 Å². The molecule has 0 aromatic rings. The highest BCUT2D eigenvalue weighted by Gasteiger charge is 2.04. The Kier molecular flexibility index (Phi) is 7.35. The number of imide groups is 1. The molecule has 0 aliphatic heterocycles. The van der Waals surface area contributed by atoms with Gasteiger partial charge in [0.1, 0.15) is 5.88 Å². The number of nitrogens with one attached hydrogen (secondary N) is 2. The van der Waals surface area contributed by atoms with Crippen LogP contribution in [0.1, 0.15) is 19.3 Å². The van der Waals surface area contributed by atoms with Crippen molar-refractivity contribution in [1.82, 2.24) is 10.6 Å². The minimum atomic E-state index is -0.584. The van der Waals surface area contributed by atoms with Gasteiger partial charge in [0.25, 0.3) is 0 Å². The van der Waals surface area contributed by atoms with E-state index in [1.165, 1.54) is 0 Å². The first-order valence-electron chi connectivity index (χ1n) is 4.48. The van der Waals surface area contributed by atoms with Crippen molar-refractivity contribution in [3.8, 4) is 0 Å². The second-order valence-electron chi connectivity index (χ2n) is 2.86. The highest BCUT2D eigenvalue weighted by molar-refractivity contribution is 6.28. The predicted octanol–water partition coefficient (Wildman–Crippen LogP) is -0.293. The van der Waals surface area contributed by atoms with Crippen LogP contribution in [-0.4, -0.2) is 30.3 Å². The minimum absolute atomic E-state index is 0.255. The highest BCUT2D eigenvalue weighted by atomic mass is 35.5. The molecule has 0 aliphatic carbocycles. The third-order valence-electron chi connectivity index (χ3n) is 1.51. The molecule has 6 nitrogen and oxygen atoms in total. The number of carbonyl (C=O) groups is 3. The second kappa shape index (κ2) is 8.05. The molecule has 15 heavy (non-hydrogen) atoms. The van der Waals surface area contributed by atoms with Crippen LogP contribution in [0.25, 0.3) is 0 Å². The molecule has 0 saturated carbocycles. The number of rotatable bonds is 6. The zero-order valence-electron chi connectivity index (χ0n) is 8.22. The maximum absolute atomic E-state index is 10.9. The quantitative estimate of drug-likeness (QED) is 0.435. The fourth-order valence-corrected chi connectivity index (χ4v) is 0.897. The molecule has 4 N–H and O–H groups in total. The minimum Gasteiger partial charge on any atom is -0.370 e. The van der Waals surface area contributed by atoms with Gasteiger partial charge in [-0.2, -0.15) is 0 Å². The van der Waals surface area contributed by atoms with Crippen LogP contribution in [0.5, 0.6) is 0 Å². The van der Waals surface area contributed by atoms with Gasteiger partial charge in [0.05, 0.1) is 0 Å². The van der Waals surface area contributed by atoms with Gasteiger partial charge in [-0.15, -0.1) is 11.6 Å². The lowest BCUT2D eigenvalue weighted by Crippen LogP contribution is -2.40.